The minimum atomic E-state index is -0.189. The van der Waals surface area contributed by atoms with Crippen LogP contribution in [0.2, 0.25) is 0 Å². The lowest BCUT2D eigenvalue weighted by molar-refractivity contribution is 0.102. The molecule has 3 aromatic carbocycles. The monoisotopic (exact) mass is 358 g/mol. The number of carbonyl (C=O) groups excluding carboxylic acids is 1. The van der Waals surface area contributed by atoms with Crippen LogP contribution in [0.4, 0.5) is 5.69 Å². The Labute approximate surface area is 156 Å². The van der Waals surface area contributed by atoms with E-state index >= 15 is 0 Å². The van der Waals surface area contributed by atoms with Crippen molar-refractivity contribution in [3.8, 4) is 17.2 Å². The molecule has 1 heterocycles. The van der Waals surface area contributed by atoms with Gasteiger partial charge in [-0.05, 0) is 61.5 Å². The molecule has 0 radical (unpaired) electrons. The van der Waals surface area contributed by atoms with E-state index in [-0.39, 0.29) is 5.91 Å². The first-order chi connectivity index (χ1) is 13.2. The average Bonchev–Trinajstić information content (AvgIpc) is 3.13. The minimum absolute atomic E-state index is 0.189. The number of nitrogens with one attached hydrogen (secondary N) is 1. The molecule has 0 aliphatic rings. The van der Waals surface area contributed by atoms with Gasteiger partial charge in [0.25, 0.3) is 5.91 Å². The summed E-state index contributed by atoms with van der Waals surface area (Å²) >= 11 is 0. The summed E-state index contributed by atoms with van der Waals surface area (Å²) in [5.74, 6) is 1.04. The lowest BCUT2D eigenvalue weighted by Crippen LogP contribution is -2.11. The largest absolute Gasteiger partial charge is 0.494 e. The topological polar surface area (TPSA) is 64.4 Å². The van der Waals surface area contributed by atoms with Crippen LogP contribution < -0.4 is 10.1 Å². The van der Waals surface area contributed by atoms with Crippen molar-refractivity contribution in [3.63, 3.8) is 0 Å². The molecular weight excluding hydrogens is 340 g/mol. The third kappa shape index (κ3) is 3.67. The smallest absolute Gasteiger partial charge is 0.255 e. The molecule has 0 aliphatic carbocycles. The fourth-order valence-corrected chi connectivity index (χ4v) is 2.79. The van der Waals surface area contributed by atoms with Crippen LogP contribution in [0.5, 0.6) is 5.75 Å². The van der Waals surface area contributed by atoms with Gasteiger partial charge in [-0.25, -0.2) is 4.98 Å². The number of amides is 1. The lowest BCUT2D eigenvalue weighted by atomic mass is 10.1. The summed E-state index contributed by atoms with van der Waals surface area (Å²) in [5.41, 5.74) is 3.66. The highest BCUT2D eigenvalue weighted by atomic mass is 16.5. The first-order valence-electron chi connectivity index (χ1n) is 8.73. The molecule has 0 bridgehead atoms. The fraction of sp³-hybridized carbons (Fsp3) is 0.0909. The van der Waals surface area contributed by atoms with Crippen LogP contribution >= 0.6 is 0 Å². The summed E-state index contributed by atoms with van der Waals surface area (Å²) in [5, 5.41) is 2.89. The molecule has 0 unspecified atom stereocenters. The van der Waals surface area contributed by atoms with Crippen LogP contribution in [0, 0.1) is 0 Å². The van der Waals surface area contributed by atoms with Gasteiger partial charge in [-0.3, -0.25) is 4.79 Å². The molecule has 0 atom stereocenters. The number of carbonyl (C=O) groups is 1. The normalized spacial score (nSPS) is 10.7. The van der Waals surface area contributed by atoms with Gasteiger partial charge in [-0.2, -0.15) is 0 Å². The summed E-state index contributed by atoms with van der Waals surface area (Å²) in [4.78, 5) is 16.9. The Bertz CT molecular complexity index is 1050. The number of fused-ring (bicyclic) bond motifs is 1. The number of aromatic nitrogens is 1. The maximum atomic E-state index is 12.4. The van der Waals surface area contributed by atoms with E-state index in [2.05, 4.69) is 10.3 Å². The predicted molar refractivity (Wildman–Crippen MR) is 105 cm³/mol. The van der Waals surface area contributed by atoms with E-state index in [1.165, 1.54) is 0 Å². The average molecular weight is 358 g/mol. The van der Waals surface area contributed by atoms with Gasteiger partial charge >= 0.3 is 0 Å². The summed E-state index contributed by atoms with van der Waals surface area (Å²) < 4.78 is 11.2. The maximum absolute atomic E-state index is 12.4. The Hall–Kier alpha value is -3.60. The van der Waals surface area contributed by atoms with Crippen molar-refractivity contribution < 1.29 is 13.9 Å². The van der Waals surface area contributed by atoms with Crippen molar-refractivity contribution in [3.05, 3.63) is 78.4 Å². The van der Waals surface area contributed by atoms with Crippen molar-refractivity contribution in [1.82, 2.24) is 4.98 Å². The molecule has 134 valence electrons. The van der Waals surface area contributed by atoms with Crippen LogP contribution in [-0.4, -0.2) is 17.5 Å². The van der Waals surface area contributed by atoms with Crippen LogP contribution in [-0.2, 0) is 0 Å². The molecule has 0 saturated carbocycles. The first kappa shape index (κ1) is 16.8. The zero-order chi connectivity index (χ0) is 18.6. The van der Waals surface area contributed by atoms with E-state index in [1.54, 1.807) is 18.2 Å². The molecule has 0 fully saturated rings. The van der Waals surface area contributed by atoms with Crippen LogP contribution in [0.3, 0.4) is 0 Å². The SMILES string of the molecule is CCOc1cccc(C(=O)Nc2ccc(-c3nc4ccccc4o3)cc2)c1. The molecule has 4 aromatic rings. The molecule has 1 N–H and O–H groups in total. The van der Waals surface area contributed by atoms with Crippen molar-refractivity contribution >= 4 is 22.7 Å². The highest BCUT2D eigenvalue weighted by Crippen LogP contribution is 2.25. The van der Waals surface area contributed by atoms with Crippen LogP contribution in [0.25, 0.3) is 22.6 Å². The standard InChI is InChI=1S/C22H18N2O3/c1-2-26-18-7-5-6-16(14-18)21(25)23-17-12-10-15(11-13-17)22-24-19-8-3-4-9-20(19)27-22/h3-14H,2H2,1H3,(H,23,25). The van der Waals surface area contributed by atoms with E-state index in [4.69, 9.17) is 9.15 Å². The first-order valence-corrected chi connectivity index (χ1v) is 8.73. The minimum Gasteiger partial charge on any atom is -0.494 e. The zero-order valence-electron chi connectivity index (χ0n) is 14.8. The molecule has 1 aromatic heterocycles. The van der Waals surface area contributed by atoms with Gasteiger partial charge in [-0.15, -0.1) is 0 Å². The summed E-state index contributed by atoms with van der Waals surface area (Å²) in [6, 6.07) is 22.1. The molecule has 0 spiro atoms. The van der Waals surface area contributed by atoms with E-state index in [1.807, 2.05) is 61.5 Å². The second kappa shape index (κ2) is 7.33. The van der Waals surface area contributed by atoms with E-state index < -0.39 is 0 Å². The Morgan fingerprint density at radius 1 is 1.04 bits per heavy atom. The third-order valence-corrected chi connectivity index (χ3v) is 4.09. The number of nitrogens with zero attached hydrogens (tertiary/aromatic N) is 1. The van der Waals surface area contributed by atoms with Crippen LogP contribution in [0.1, 0.15) is 17.3 Å². The van der Waals surface area contributed by atoms with Gasteiger partial charge in [0.1, 0.15) is 11.3 Å². The highest BCUT2D eigenvalue weighted by molar-refractivity contribution is 6.04. The fourth-order valence-electron chi connectivity index (χ4n) is 2.79. The van der Waals surface area contributed by atoms with Crippen molar-refractivity contribution in [2.75, 3.05) is 11.9 Å². The number of anilines is 1. The molecule has 0 aliphatic heterocycles. The molecular formula is C22H18N2O3. The Balaban J connectivity index is 1.50. The number of rotatable bonds is 5. The van der Waals surface area contributed by atoms with Crippen molar-refractivity contribution in [1.29, 1.82) is 0 Å². The molecule has 5 nitrogen and oxygen atoms in total. The Kier molecular flexibility index (Phi) is 4.58. The predicted octanol–water partition coefficient (Wildman–Crippen LogP) is 5.15. The summed E-state index contributed by atoms with van der Waals surface area (Å²) in [6.45, 7) is 2.47. The molecule has 5 heteroatoms. The number of ether oxygens (including phenoxy) is 1. The highest BCUT2D eigenvalue weighted by Gasteiger charge is 2.10. The van der Waals surface area contributed by atoms with Gasteiger partial charge < -0.3 is 14.5 Å². The zero-order valence-corrected chi connectivity index (χ0v) is 14.8. The van der Waals surface area contributed by atoms with Gasteiger partial charge in [0.2, 0.25) is 5.89 Å². The molecule has 1 amide bonds. The molecule has 0 saturated heterocycles. The number of oxazole rings is 1. The lowest BCUT2D eigenvalue weighted by Gasteiger charge is -2.08. The number of benzene rings is 3. The quantitative estimate of drug-likeness (QED) is 0.536. The second-order valence-corrected chi connectivity index (χ2v) is 5.98. The summed E-state index contributed by atoms with van der Waals surface area (Å²) in [7, 11) is 0. The van der Waals surface area contributed by atoms with E-state index in [0.29, 0.717) is 29.5 Å². The number of hydrogen-bond donors (Lipinski definition) is 1. The van der Waals surface area contributed by atoms with Gasteiger partial charge in [-0.1, -0.05) is 18.2 Å². The van der Waals surface area contributed by atoms with Crippen molar-refractivity contribution in [2.45, 2.75) is 6.92 Å². The Morgan fingerprint density at radius 2 is 1.85 bits per heavy atom. The number of para-hydroxylation sites is 2. The maximum Gasteiger partial charge on any atom is 0.255 e. The Morgan fingerprint density at radius 3 is 2.63 bits per heavy atom. The van der Waals surface area contributed by atoms with Gasteiger partial charge in [0.15, 0.2) is 5.58 Å². The van der Waals surface area contributed by atoms with Gasteiger partial charge in [0.05, 0.1) is 6.61 Å². The van der Waals surface area contributed by atoms with Crippen molar-refractivity contribution in [2.24, 2.45) is 0 Å². The number of hydrogen-bond acceptors (Lipinski definition) is 4. The van der Waals surface area contributed by atoms with Gasteiger partial charge in [0, 0.05) is 16.8 Å². The molecule has 27 heavy (non-hydrogen) atoms. The van der Waals surface area contributed by atoms with E-state index in [9.17, 15) is 4.79 Å². The van der Waals surface area contributed by atoms with E-state index in [0.717, 1.165) is 16.7 Å². The molecule has 4 rings (SSSR count). The van der Waals surface area contributed by atoms with Crippen LogP contribution in [0.15, 0.2) is 77.2 Å². The third-order valence-electron chi connectivity index (χ3n) is 4.09. The second-order valence-electron chi connectivity index (χ2n) is 5.98. The summed E-state index contributed by atoms with van der Waals surface area (Å²) in [6.07, 6.45) is 0.